The van der Waals surface area contributed by atoms with Crippen LogP contribution in [0.1, 0.15) is 32.1 Å². The quantitative estimate of drug-likeness (QED) is 0.934. The van der Waals surface area contributed by atoms with E-state index in [1.54, 1.807) is 18.2 Å². The molecule has 0 aliphatic carbocycles. The van der Waals surface area contributed by atoms with Crippen molar-refractivity contribution in [3.63, 3.8) is 0 Å². The zero-order chi connectivity index (χ0) is 15.9. The van der Waals surface area contributed by atoms with Gasteiger partial charge in [0.15, 0.2) is 5.82 Å². The number of carbonyl (C=O) groups excluding carboxylic acids is 1. The highest BCUT2D eigenvalue weighted by atomic mass is 35.5. The van der Waals surface area contributed by atoms with Gasteiger partial charge in [-0.2, -0.15) is 0 Å². The van der Waals surface area contributed by atoms with Gasteiger partial charge in [-0.3, -0.25) is 9.36 Å². The summed E-state index contributed by atoms with van der Waals surface area (Å²) in [5.41, 5.74) is 0.731. The molecule has 2 aromatic rings. The molecule has 0 spiro atoms. The number of benzene rings is 1. The van der Waals surface area contributed by atoms with Gasteiger partial charge in [-0.05, 0) is 38.5 Å². The van der Waals surface area contributed by atoms with Crippen LogP contribution in [0.5, 0.6) is 0 Å². The van der Waals surface area contributed by atoms with Gasteiger partial charge in [0.1, 0.15) is 11.9 Å². The fraction of sp³-hybridized carbons (Fsp3) is 0.400. The fourth-order valence-electron chi connectivity index (χ4n) is 2.70. The van der Waals surface area contributed by atoms with Gasteiger partial charge in [0, 0.05) is 23.0 Å². The third kappa shape index (κ3) is 2.71. The van der Waals surface area contributed by atoms with Crippen molar-refractivity contribution in [1.29, 1.82) is 0 Å². The van der Waals surface area contributed by atoms with Gasteiger partial charge in [0.05, 0.1) is 5.02 Å². The molecule has 0 bridgehead atoms. The molecule has 1 aromatic heterocycles. The van der Waals surface area contributed by atoms with E-state index in [0.717, 1.165) is 24.2 Å². The van der Waals surface area contributed by atoms with Crippen LogP contribution in [0.25, 0.3) is 11.4 Å². The first kappa shape index (κ1) is 15.3. The van der Waals surface area contributed by atoms with E-state index in [4.69, 9.17) is 23.2 Å². The lowest BCUT2D eigenvalue weighted by molar-refractivity contribution is -0.124. The first-order valence-corrected chi connectivity index (χ1v) is 7.92. The monoisotopic (exact) mass is 338 g/mol. The van der Waals surface area contributed by atoms with Gasteiger partial charge in [-0.25, -0.2) is 0 Å². The number of fused-ring (bicyclic) bond motifs is 1. The molecule has 5 nitrogen and oxygen atoms in total. The van der Waals surface area contributed by atoms with Crippen LogP contribution in [0.15, 0.2) is 18.2 Å². The molecule has 7 heteroatoms. The zero-order valence-electron chi connectivity index (χ0n) is 12.3. The summed E-state index contributed by atoms with van der Waals surface area (Å²) in [4.78, 5) is 12.4. The standard InChI is InChI=1S/C15H16Cl2N4O/c1-8(2)18-15(22)12-5-6-13-19-20-14(21(12)13)10-4-3-9(16)7-11(10)17/h3-4,7-8,12H,5-6H2,1-2H3,(H,18,22). The average molecular weight is 339 g/mol. The van der Waals surface area contributed by atoms with E-state index >= 15 is 0 Å². The van der Waals surface area contributed by atoms with Crippen LogP contribution in [-0.4, -0.2) is 26.7 Å². The molecule has 1 aromatic carbocycles. The van der Waals surface area contributed by atoms with Crippen LogP contribution < -0.4 is 5.32 Å². The second kappa shape index (κ2) is 5.89. The van der Waals surface area contributed by atoms with Gasteiger partial charge in [-0.15, -0.1) is 10.2 Å². The molecule has 0 saturated heterocycles. The summed E-state index contributed by atoms with van der Waals surface area (Å²) >= 11 is 12.2. The number of rotatable bonds is 3. The van der Waals surface area contributed by atoms with Crippen molar-refractivity contribution in [1.82, 2.24) is 20.1 Å². The number of aryl methyl sites for hydroxylation is 1. The van der Waals surface area contributed by atoms with Crippen molar-refractivity contribution < 1.29 is 4.79 Å². The molecule has 1 amide bonds. The Hall–Kier alpha value is -1.59. The van der Waals surface area contributed by atoms with Crippen molar-refractivity contribution in [3.8, 4) is 11.4 Å². The van der Waals surface area contributed by atoms with E-state index in [0.29, 0.717) is 15.9 Å². The maximum atomic E-state index is 12.4. The molecule has 2 heterocycles. The number of amides is 1. The molecule has 1 aliphatic rings. The predicted molar refractivity (Wildman–Crippen MR) is 86.1 cm³/mol. The Morgan fingerprint density at radius 2 is 2.14 bits per heavy atom. The van der Waals surface area contributed by atoms with Crippen LogP contribution in [0.4, 0.5) is 0 Å². The Labute approximate surface area is 138 Å². The number of carbonyl (C=O) groups is 1. The topological polar surface area (TPSA) is 59.8 Å². The number of hydrogen-bond donors (Lipinski definition) is 1. The van der Waals surface area contributed by atoms with Gasteiger partial charge in [-0.1, -0.05) is 23.2 Å². The molecule has 3 rings (SSSR count). The number of aromatic nitrogens is 3. The Morgan fingerprint density at radius 1 is 1.36 bits per heavy atom. The number of hydrogen-bond acceptors (Lipinski definition) is 3. The molecular weight excluding hydrogens is 323 g/mol. The van der Waals surface area contributed by atoms with Crippen LogP contribution >= 0.6 is 23.2 Å². The third-order valence-corrected chi connectivity index (χ3v) is 4.17. The summed E-state index contributed by atoms with van der Waals surface area (Å²) in [6, 6.07) is 5.02. The lowest BCUT2D eigenvalue weighted by Gasteiger charge is -2.17. The van der Waals surface area contributed by atoms with Crippen molar-refractivity contribution in [3.05, 3.63) is 34.1 Å². The molecule has 0 saturated carbocycles. The fourth-order valence-corrected chi connectivity index (χ4v) is 3.19. The smallest absolute Gasteiger partial charge is 0.243 e. The normalized spacial score (nSPS) is 16.9. The van der Waals surface area contributed by atoms with Crippen LogP contribution in [0.3, 0.4) is 0 Å². The van der Waals surface area contributed by atoms with E-state index in [1.807, 2.05) is 18.4 Å². The average Bonchev–Trinajstić information content (AvgIpc) is 2.99. The Morgan fingerprint density at radius 3 is 2.82 bits per heavy atom. The van der Waals surface area contributed by atoms with Gasteiger partial charge >= 0.3 is 0 Å². The number of nitrogens with one attached hydrogen (secondary N) is 1. The van der Waals surface area contributed by atoms with Crippen LogP contribution in [-0.2, 0) is 11.2 Å². The maximum Gasteiger partial charge on any atom is 0.243 e. The lowest BCUT2D eigenvalue weighted by atomic mass is 10.1. The summed E-state index contributed by atoms with van der Waals surface area (Å²) < 4.78 is 1.88. The van der Waals surface area contributed by atoms with E-state index < -0.39 is 0 Å². The molecule has 0 fully saturated rings. The summed E-state index contributed by atoms with van der Waals surface area (Å²) in [6.45, 7) is 3.88. The van der Waals surface area contributed by atoms with Crippen molar-refractivity contribution in [2.75, 3.05) is 0 Å². The SMILES string of the molecule is CC(C)NC(=O)C1CCc2nnc(-c3ccc(Cl)cc3Cl)n21. The summed E-state index contributed by atoms with van der Waals surface area (Å²) in [5, 5.41) is 12.4. The van der Waals surface area contributed by atoms with E-state index in [1.165, 1.54) is 0 Å². The summed E-state index contributed by atoms with van der Waals surface area (Å²) in [6.07, 6.45) is 1.45. The minimum absolute atomic E-state index is 0.0140. The molecule has 1 atom stereocenters. The van der Waals surface area contributed by atoms with Gasteiger partial charge in [0.2, 0.25) is 5.91 Å². The molecule has 22 heavy (non-hydrogen) atoms. The lowest BCUT2D eigenvalue weighted by Crippen LogP contribution is -2.36. The Kier molecular flexibility index (Phi) is 4.10. The molecule has 116 valence electrons. The Bertz CT molecular complexity index is 726. The van der Waals surface area contributed by atoms with E-state index in [2.05, 4.69) is 15.5 Å². The maximum absolute atomic E-state index is 12.4. The second-order valence-electron chi connectivity index (χ2n) is 5.65. The second-order valence-corrected chi connectivity index (χ2v) is 6.50. The van der Waals surface area contributed by atoms with Crippen molar-refractivity contribution >= 4 is 29.1 Å². The van der Waals surface area contributed by atoms with Gasteiger partial charge in [0.25, 0.3) is 0 Å². The first-order valence-electron chi connectivity index (χ1n) is 7.17. The van der Waals surface area contributed by atoms with Crippen LogP contribution in [0, 0.1) is 0 Å². The largest absolute Gasteiger partial charge is 0.352 e. The van der Waals surface area contributed by atoms with Crippen molar-refractivity contribution in [2.45, 2.75) is 38.8 Å². The van der Waals surface area contributed by atoms with Crippen molar-refractivity contribution in [2.24, 2.45) is 0 Å². The highest BCUT2D eigenvalue weighted by Gasteiger charge is 2.33. The molecule has 1 aliphatic heterocycles. The molecule has 1 unspecified atom stereocenters. The zero-order valence-corrected chi connectivity index (χ0v) is 13.8. The minimum Gasteiger partial charge on any atom is -0.352 e. The highest BCUT2D eigenvalue weighted by molar-refractivity contribution is 6.36. The molecule has 1 N–H and O–H groups in total. The highest BCUT2D eigenvalue weighted by Crippen LogP contribution is 2.35. The van der Waals surface area contributed by atoms with Crippen LogP contribution in [0.2, 0.25) is 10.0 Å². The van der Waals surface area contributed by atoms with Gasteiger partial charge < -0.3 is 5.32 Å². The molecular formula is C15H16Cl2N4O. The van der Waals surface area contributed by atoms with E-state index in [-0.39, 0.29) is 18.0 Å². The summed E-state index contributed by atoms with van der Waals surface area (Å²) in [5.74, 6) is 1.41. The first-order chi connectivity index (χ1) is 10.5. The molecule has 0 radical (unpaired) electrons. The third-order valence-electron chi connectivity index (χ3n) is 3.63. The Balaban J connectivity index is 2.01. The summed E-state index contributed by atoms with van der Waals surface area (Å²) in [7, 11) is 0. The minimum atomic E-state index is -0.297. The predicted octanol–water partition coefficient (Wildman–Crippen LogP) is 3.26. The number of nitrogens with zero attached hydrogens (tertiary/aromatic N) is 3. The van der Waals surface area contributed by atoms with E-state index in [9.17, 15) is 4.79 Å². The number of halogens is 2.